The predicted molar refractivity (Wildman–Crippen MR) is 88.9 cm³/mol. The lowest BCUT2D eigenvalue weighted by molar-refractivity contribution is -0.138. The number of carbonyl (C=O) groups is 2. The van der Waals surface area contributed by atoms with E-state index in [1.807, 2.05) is 26.0 Å². The van der Waals surface area contributed by atoms with E-state index in [4.69, 9.17) is 9.52 Å². The van der Waals surface area contributed by atoms with Gasteiger partial charge in [-0.15, -0.1) is 5.10 Å². The second-order valence-electron chi connectivity index (χ2n) is 5.95. The molecule has 0 saturated carbocycles. The van der Waals surface area contributed by atoms with Gasteiger partial charge < -0.3 is 14.8 Å². The fraction of sp³-hybridized carbons (Fsp3) is 0.294. The number of aryl methyl sites for hydroxylation is 2. The highest BCUT2D eigenvalue weighted by Gasteiger charge is 2.12. The lowest BCUT2D eigenvalue weighted by atomic mass is 10.0. The van der Waals surface area contributed by atoms with E-state index in [2.05, 4.69) is 15.6 Å². The summed E-state index contributed by atoms with van der Waals surface area (Å²) >= 11 is 0. The Morgan fingerprint density at radius 3 is 2.80 bits per heavy atom. The minimum absolute atomic E-state index is 0.172. The summed E-state index contributed by atoms with van der Waals surface area (Å²) in [5, 5.41) is 19.9. The van der Waals surface area contributed by atoms with Gasteiger partial charge in [-0.3, -0.25) is 9.59 Å². The average Bonchev–Trinajstić information content (AvgIpc) is 3.13. The Labute approximate surface area is 143 Å². The summed E-state index contributed by atoms with van der Waals surface area (Å²) in [5.74, 6) is -1.17. The number of amides is 1. The van der Waals surface area contributed by atoms with Crippen LogP contribution in [0, 0.1) is 13.8 Å². The van der Waals surface area contributed by atoms with Gasteiger partial charge in [-0.1, -0.05) is 5.21 Å². The summed E-state index contributed by atoms with van der Waals surface area (Å²) in [4.78, 5) is 22.8. The number of carbonyl (C=O) groups excluding carboxylic acids is 1. The van der Waals surface area contributed by atoms with Crippen LogP contribution < -0.4 is 5.32 Å². The average molecular weight is 342 g/mol. The molecule has 1 amide bonds. The van der Waals surface area contributed by atoms with E-state index in [-0.39, 0.29) is 25.4 Å². The summed E-state index contributed by atoms with van der Waals surface area (Å²) < 4.78 is 6.73. The third kappa shape index (κ3) is 3.85. The molecule has 8 heteroatoms. The molecule has 0 bridgehead atoms. The molecule has 0 aliphatic carbocycles. The molecule has 3 aromatic rings. The first-order valence-corrected chi connectivity index (χ1v) is 7.77. The first-order valence-electron chi connectivity index (χ1n) is 7.77. The van der Waals surface area contributed by atoms with Crippen LogP contribution in [0.5, 0.6) is 0 Å². The fourth-order valence-electron chi connectivity index (χ4n) is 2.53. The number of benzene rings is 1. The molecule has 0 saturated heterocycles. The van der Waals surface area contributed by atoms with Gasteiger partial charge in [0, 0.05) is 10.9 Å². The van der Waals surface area contributed by atoms with Crippen molar-refractivity contribution < 1.29 is 19.1 Å². The van der Waals surface area contributed by atoms with Crippen LogP contribution in [0.4, 0.5) is 0 Å². The number of fused-ring (bicyclic) bond motifs is 1. The van der Waals surface area contributed by atoms with E-state index in [1.54, 1.807) is 6.26 Å². The van der Waals surface area contributed by atoms with E-state index in [0.717, 1.165) is 27.7 Å². The van der Waals surface area contributed by atoms with Crippen LogP contribution in [0.15, 0.2) is 29.0 Å². The Balaban J connectivity index is 1.62. The molecule has 1 aromatic carbocycles. The van der Waals surface area contributed by atoms with Crippen molar-refractivity contribution in [2.24, 2.45) is 0 Å². The predicted octanol–water partition coefficient (Wildman–Crippen LogP) is 1.58. The van der Waals surface area contributed by atoms with E-state index in [0.29, 0.717) is 5.69 Å². The quantitative estimate of drug-likeness (QED) is 0.704. The Morgan fingerprint density at radius 1 is 1.28 bits per heavy atom. The smallest absolute Gasteiger partial charge is 0.325 e. The number of hydrogen-bond donors (Lipinski definition) is 2. The molecule has 2 heterocycles. The van der Waals surface area contributed by atoms with Gasteiger partial charge in [-0.25, -0.2) is 4.68 Å². The topological polar surface area (TPSA) is 110 Å². The Bertz CT molecular complexity index is 941. The molecule has 0 aliphatic heterocycles. The molecule has 0 fully saturated rings. The van der Waals surface area contributed by atoms with Crippen LogP contribution in [0.1, 0.15) is 22.4 Å². The fourth-order valence-corrected chi connectivity index (χ4v) is 2.53. The first kappa shape index (κ1) is 16.7. The third-order valence-electron chi connectivity index (χ3n) is 3.97. The molecule has 25 heavy (non-hydrogen) atoms. The largest absolute Gasteiger partial charge is 0.480 e. The highest BCUT2D eigenvalue weighted by molar-refractivity contribution is 5.88. The van der Waals surface area contributed by atoms with Crippen molar-refractivity contribution >= 4 is 22.8 Å². The van der Waals surface area contributed by atoms with Crippen LogP contribution >= 0.6 is 0 Å². The first-order chi connectivity index (χ1) is 11.9. The van der Waals surface area contributed by atoms with Crippen molar-refractivity contribution in [2.45, 2.75) is 33.4 Å². The minimum Gasteiger partial charge on any atom is -0.480 e. The summed E-state index contributed by atoms with van der Waals surface area (Å²) in [6, 6.07) is 3.99. The molecule has 2 N–H and O–H groups in total. The number of aromatic nitrogens is 3. The van der Waals surface area contributed by atoms with Gasteiger partial charge >= 0.3 is 5.97 Å². The molecule has 0 aliphatic rings. The maximum Gasteiger partial charge on any atom is 0.325 e. The number of aliphatic carboxylic acids is 1. The number of nitrogens with one attached hydrogen (secondary N) is 1. The highest BCUT2D eigenvalue weighted by atomic mass is 16.4. The molecular weight excluding hydrogens is 324 g/mol. The molecule has 3 rings (SSSR count). The zero-order valence-electron chi connectivity index (χ0n) is 13.9. The van der Waals surface area contributed by atoms with Crippen molar-refractivity contribution in [1.29, 1.82) is 0 Å². The van der Waals surface area contributed by atoms with Crippen LogP contribution in [0.2, 0.25) is 0 Å². The minimum atomic E-state index is -1.00. The van der Waals surface area contributed by atoms with E-state index < -0.39 is 5.97 Å². The van der Waals surface area contributed by atoms with Crippen molar-refractivity contribution in [3.8, 4) is 0 Å². The van der Waals surface area contributed by atoms with Gasteiger partial charge in [-0.2, -0.15) is 0 Å². The van der Waals surface area contributed by atoms with Crippen molar-refractivity contribution in [3.05, 3.63) is 47.0 Å². The molecule has 0 spiro atoms. The van der Waals surface area contributed by atoms with E-state index >= 15 is 0 Å². The zero-order valence-corrected chi connectivity index (χ0v) is 13.9. The molecule has 2 aromatic heterocycles. The maximum absolute atomic E-state index is 12.2. The molecular formula is C17H18N4O4. The van der Waals surface area contributed by atoms with Gasteiger partial charge in [0.15, 0.2) is 0 Å². The Hall–Kier alpha value is -3.16. The van der Waals surface area contributed by atoms with Gasteiger partial charge in [0.1, 0.15) is 17.8 Å². The number of furan rings is 1. The number of hydrogen-bond acceptors (Lipinski definition) is 5. The number of carboxylic acid groups (broad SMARTS) is 1. The van der Waals surface area contributed by atoms with Crippen molar-refractivity contribution in [3.63, 3.8) is 0 Å². The third-order valence-corrected chi connectivity index (χ3v) is 3.97. The monoisotopic (exact) mass is 342 g/mol. The Kier molecular flexibility index (Phi) is 4.51. The molecule has 130 valence electrons. The number of nitrogens with zero attached hydrogens (tertiary/aromatic N) is 3. The van der Waals surface area contributed by atoms with Crippen LogP contribution in [0.3, 0.4) is 0 Å². The van der Waals surface area contributed by atoms with Gasteiger partial charge in [0.05, 0.1) is 25.4 Å². The summed E-state index contributed by atoms with van der Waals surface area (Å²) in [6.07, 6.45) is 3.29. The lowest BCUT2D eigenvalue weighted by Gasteiger charge is -2.03. The van der Waals surface area contributed by atoms with Crippen molar-refractivity contribution in [2.75, 3.05) is 0 Å². The van der Waals surface area contributed by atoms with Crippen molar-refractivity contribution in [1.82, 2.24) is 20.3 Å². The molecule has 8 nitrogen and oxygen atoms in total. The summed E-state index contributed by atoms with van der Waals surface area (Å²) in [7, 11) is 0. The maximum atomic E-state index is 12.2. The van der Waals surface area contributed by atoms with Crippen LogP contribution in [-0.2, 0) is 29.1 Å². The van der Waals surface area contributed by atoms with E-state index in [1.165, 1.54) is 10.9 Å². The second-order valence-corrected chi connectivity index (χ2v) is 5.95. The molecule has 0 radical (unpaired) electrons. The summed E-state index contributed by atoms with van der Waals surface area (Å²) in [6.45, 7) is 3.96. The number of rotatable bonds is 6. The highest BCUT2D eigenvalue weighted by Crippen LogP contribution is 2.25. The lowest BCUT2D eigenvalue weighted by Crippen LogP contribution is -2.24. The zero-order chi connectivity index (χ0) is 18.0. The van der Waals surface area contributed by atoms with Gasteiger partial charge in [0.2, 0.25) is 5.91 Å². The normalized spacial score (nSPS) is 11.0. The second kappa shape index (κ2) is 6.76. The standard InChI is InChI=1S/C17H18N4O4/c1-10-3-14-12(9-25-15(14)4-11(10)2)5-16(22)18-6-13-7-21(20-19-13)8-17(23)24/h3-4,7,9H,5-6,8H2,1-2H3,(H,18,22)(H,23,24). The van der Waals surface area contributed by atoms with E-state index in [9.17, 15) is 9.59 Å². The number of carboxylic acids is 1. The van der Waals surface area contributed by atoms with Crippen LogP contribution in [0.25, 0.3) is 11.0 Å². The molecule has 0 unspecified atom stereocenters. The van der Waals surface area contributed by atoms with Crippen LogP contribution in [-0.4, -0.2) is 32.0 Å². The SMILES string of the molecule is Cc1cc2occ(CC(=O)NCc3cn(CC(=O)O)nn3)c2cc1C. The summed E-state index contributed by atoms with van der Waals surface area (Å²) in [5.41, 5.74) is 4.37. The Morgan fingerprint density at radius 2 is 2.04 bits per heavy atom. The molecule has 0 atom stereocenters. The van der Waals surface area contributed by atoms with Gasteiger partial charge in [-0.05, 0) is 37.1 Å². The van der Waals surface area contributed by atoms with Gasteiger partial charge in [0.25, 0.3) is 0 Å².